The zero-order valence-electron chi connectivity index (χ0n) is 20.4. The molecule has 0 bridgehead atoms. The van der Waals surface area contributed by atoms with Gasteiger partial charge in [-0.15, -0.1) is 0 Å². The molecule has 1 aliphatic rings. The summed E-state index contributed by atoms with van der Waals surface area (Å²) in [6.07, 6.45) is 3.15. The van der Waals surface area contributed by atoms with E-state index < -0.39 is 10.8 Å². The predicted octanol–water partition coefficient (Wildman–Crippen LogP) is 6.77. The van der Waals surface area contributed by atoms with Gasteiger partial charge in [-0.1, -0.05) is 26.0 Å². The van der Waals surface area contributed by atoms with Gasteiger partial charge in [-0.05, 0) is 73.2 Å². The zero-order valence-corrected chi connectivity index (χ0v) is 20.4. The number of nitro groups is 1. The minimum absolute atomic E-state index is 0.0513. The van der Waals surface area contributed by atoms with Crippen LogP contribution in [0.3, 0.4) is 0 Å². The minimum atomic E-state index is -0.421. The van der Waals surface area contributed by atoms with E-state index in [2.05, 4.69) is 36.3 Å². The molecule has 0 unspecified atom stereocenters. The number of aromatic nitrogens is 1. The molecule has 8 heteroatoms. The molecule has 4 aromatic rings. The van der Waals surface area contributed by atoms with E-state index in [-0.39, 0.29) is 11.3 Å². The van der Waals surface area contributed by atoms with Crippen molar-refractivity contribution in [2.75, 3.05) is 23.3 Å². The first kappa shape index (κ1) is 23.5. The van der Waals surface area contributed by atoms with E-state index >= 15 is 0 Å². The highest BCUT2D eigenvalue weighted by Gasteiger charge is 2.23. The fraction of sp³-hybridized carbons (Fsp3) is 0.286. The number of anilines is 2. The summed E-state index contributed by atoms with van der Waals surface area (Å²) in [7, 11) is 0. The number of carbonyl (C=O) groups excluding carboxylic acids is 1. The summed E-state index contributed by atoms with van der Waals surface area (Å²) >= 11 is 0. The number of hydrogen-bond acceptors (Lipinski definition) is 6. The third kappa shape index (κ3) is 4.79. The molecule has 0 atom stereocenters. The Kier molecular flexibility index (Phi) is 6.41. The first-order valence-corrected chi connectivity index (χ1v) is 12.2. The van der Waals surface area contributed by atoms with E-state index in [1.807, 2.05) is 17.0 Å². The first-order valence-electron chi connectivity index (χ1n) is 12.2. The quantitative estimate of drug-likeness (QED) is 0.239. The number of rotatable bonds is 6. The molecule has 1 aliphatic heterocycles. The summed E-state index contributed by atoms with van der Waals surface area (Å²) in [5, 5.41) is 14.6. The topological polar surface area (TPSA) is 102 Å². The van der Waals surface area contributed by atoms with Crippen molar-refractivity contribution in [2.24, 2.45) is 0 Å². The van der Waals surface area contributed by atoms with Crippen molar-refractivity contribution in [2.45, 2.75) is 39.0 Å². The predicted molar refractivity (Wildman–Crippen MR) is 141 cm³/mol. The maximum Gasteiger partial charge on any atom is 0.293 e. The van der Waals surface area contributed by atoms with Crippen LogP contribution in [0.1, 0.15) is 54.9 Å². The normalized spacial score (nSPS) is 13.8. The minimum Gasteiger partial charge on any atom is -0.436 e. The van der Waals surface area contributed by atoms with Crippen molar-refractivity contribution >= 4 is 34.1 Å². The van der Waals surface area contributed by atoms with Gasteiger partial charge >= 0.3 is 0 Å². The number of carbonyl (C=O) groups is 1. The van der Waals surface area contributed by atoms with Crippen molar-refractivity contribution in [3.05, 3.63) is 81.9 Å². The molecule has 8 nitrogen and oxygen atoms in total. The maximum absolute atomic E-state index is 12.9. The molecule has 0 radical (unpaired) electrons. The van der Waals surface area contributed by atoms with Crippen LogP contribution in [0.5, 0.6) is 0 Å². The first-order chi connectivity index (χ1) is 17.4. The molecular weight excluding hydrogens is 456 g/mol. The fourth-order valence-corrected chi connectivity index (χ4v) is 4.56. The fourth-order valence-electron chi connectivity index (χ4n) is 4.56. The molecule has 3 aromatic carbocycles. The highest BCUT2D eigenvalue weighted by atomic mass is 16.6. The van der Waals surface area contributed by atoms with Gasteiger partial charge in [0.1, 0.15) is 11.2 Å². The number of piperidine rings is 1. The van der Waals surface area contributed by atoms with Crippen molar-refractivity contribution < 1.29 is 14.1 Å². The second-order valence-electron chi connectivity index (χ2n) is 9.44. The average Bonchev–Trinajstić information content (AvgIpc) is 3.32. The number of fused-ring (bicyclic) bond motifs is 1. The molecule has 2 heterocycles. The van der Waals surface area contributed by atoms with E-state index in [0.29, 0.717) is 34.3 Å². The van der Waals surface area contributed by atoms with Crippen molar-refractivity contribution in [1.29, 1.82) is 0 Å². The average molecular weight is 485 g/mol. The Morgan fingerprint density at radius 2 is 1.78 bits per heavy atom. The van der Waals surface area contributed by atoms with Crippen LogP contribution in [0.2, 0.25) is 0 Å². The molecule has 1 saturated heterocycles. The monoisotopic (exact) mass is 484 g/mol. The van der Waals surface area contributed by atoms with Crippen LogP contribution < -0.4 is 10.2 Å². The van der Waals surface area contributed by atoms with Crippen LogP contribution in [0.15, 0.2) is 65.1 Å². The standard InChI is InChI=1S/C28H28N4O4/c1-18(2)19-6-8-20(9-7-19)28-30-23-17-22(11-13-26(23)36-28)29-27(33)21-10-12-24(25(16-21)32(34)35)31-14-4-3-5-15-31/h6-13,16-18H,3-5,14-15H2,1-2H3,(H,29,33). The van der Waals surface area contributed by atoms with Gasteiger partial charge in [0.05, 0.1) is 4.92 Å². The third-order valence-corrected chi connectivity index (χ3v) is 6.60. The molecule has 5 rings (SSSR count). The van der Waals surface area contributed by atoms with Crippen LogP contribution in [-0.2, 0) is 0 Å². The number of nitrogens with one attached hydrogen (secondary N) is 1. The summed E-state index contributed by atoms with van der Waals surface area (Å²) in [4.78, 5) is 30.9. The molecule has 184 valence electrons. The van der Waals surface area contributed by atoms with E-state index in [9.17, 15) is 14.9 Å². The second-order valence-corrected chi connectivity index (χ2v) is 9.44. The number of benzene rings is 3. The SMILES string of the molecule is CC(C)c1ccc(-c2nc3cc(NC(=O)c4ccc(N5CCCCC5)c([N+](=O)[O-])c4)ccc3o2)cc1. The van der Waals surface area contributed by atoms with Gasteiger partial charge in [-0.3, -0.25) is 14.9 Å². The lowest BCUT2D eigenvalue weighted by molar-refractivity contribution is -0.384. The molecule has 1 amide bonds. The molecule has 1 aromatic heterocycles. The Morgan fingerprint density at radius 3 is 2.47 bits per heavy atom. The molecule has 0 spiro atoms. The molecule has 36 heavy (non-hydrogen) atoms. The van der Waals surface area contributed by atoms with Crippen molar-refractivity contribution in [3.63, 3.8) is 0 Å². The Balaban J connectivity index is 1.36. The summed E-state index contributed by atoms with van der Waals surface area (Å²) in [6.45, 7) is 5.86. The molecule has 1 N–H and O–H groups in total. The smallest absolute Gasteiger partial charge is 0.293 e. The molecular formula is C28H28N4O4. The highest BCUT2D eigenvalue weighted by molar-refractivity contribution is 6.05. The number of oxazole rings is 1. The molecule has 1 fully saturated rings. The van der Waals surface area contributed by atoms with Crippen LogP contribution in [-0.4, -0.2) is 28.9 Å². The zero-order chi connectivity index (χ0) is 25.2. The lowest BCUT2D eigenvalue weighted by Crippen LogP contribution is -2.30. The number of hydrogen-bond donors (Lipinski definition) is 1. The Labute approximate surface area is 209 Å². The summed E-state index contributed by atoms with van der Waals surface area (Å²) in [6, 6.07) is 18.0. The maximum atomic E-state index is 12.9. The van der Waals surface area contributed by atoms with Crippen LogP contribution in [0, 0.1) is 10.1 Å². The van der Waals surface area contributed by atoms with Gasteiger partial charge in [0, 0.05) is 36.0 Å². The van der Waals surface area contributed by atoms with Crippen molar-refractivity contribution in [3.8, 4) is 11.5 Å². The van der Waals surface area contributed by atoms with E-state index in [0.717, 1.165) is 37.9 Å². The number of nitrogens with zero attached hydrogens (tertiary/aromatic N) is 3. The van der Waals surface area contributed by atoms with E-state index in [1.54, 1.807) is 30.3 Å². The summed E-state index contributed by atoms with van der Waals surface area (Å²) in [5.41, 5.74) is 4.61. The Bertz CT molecular complexity index is 1420. The Morgan fingerprint density at radius 1 is 1.03 bits per heavy atom. The van der Waals surface area contributed by atoms with Gasteiger partial charge in [0.2, 0.25) is 5.89 Å². The van der Waals surface area contributed by atoms with E-state index in [4.69, 9.17) is 4.42 Å². The van der Waals surface area contributed by atoms with E-state index in [1.165, 1.54) is 11.6 Å². The molecule has 0 aliphatic carbocycles. The van der Waals surface area contributed by atoms with Crippen molar-refractivity contribution in [1.82, 2.24) is 4.98 Å². The lowest BCUT2D eigenvalue weighted by Gasteiger charge is -2.28. The van der Waals surface area contributed by atoms with Gasteiger partial charge < -0.3 is 14.6 Å². The van der Waals surface area contributed by atoms with Gasteiger partial charge in [-0.25, -0.2) is 4.98 Å². The van der Waals surface area contributed by atoms with Crippen LogP contribution >= 0.6 is 0 Å². The number of nitro benzene ring substituents is 1. The summed E-state index contributed by atoms with van der Waals surface area (Å²) in [5.74, 6) is 0.527. The van der Waals surface area contributed by atoms with Gasteiger partial charge in [-0.2, -0.15) is 0 Å². The summed E-state index contributed by atoms with van der Waals surface area (Å²) < 4.78 is 5.91. The molecule has 0 saturated carbocycles. The van der Waals surface area contributed by atoms with Crippen LogP contribution in [0.25, 0.3) is 22.6 Å². The van der Waals surface area contributed by atoms with Gasteiger partial charge in [0.25, 0.3) is 11.6 Å². The largest absolute Gasteiger partial charge is 0.436 e. The van der Waals surface area contributed by atoms with Crippen LogP contribution in [0.4, 0.5) is 17.1 Å². The lowest BCUT2D eigenvalue weighted by atomic mass is 10.0. The highest BCUT2D eigenvalue weighted by Crippen LogP contribution is 2.32. The van der Waals surface area contributed by atoms with Gasteiger partial charge in [0.15, 0.2) is 5.58 Å². The number of amides is 1. The second kappa shape index (κ2) is 9.81. The third-order valence-electron chi connectivity index (χ3n) is 6.60. The Hall–Kier alpha value is -4.20.